The first-order valence-electron chi connectivity index (χ1n) is 10.7. The lowest BCUT2D eigenvalue weighted by Gasteiger charge is -2.32. The van der Waals surface area contributed by atoms with Gasteiger partial charge in [-0.2, -0.15) is 0 Å². The molecule has 2 aliphatic rings. The fraction of sp³-hybridized carbons (Fsp3) is 0.280. The molecule has 0 saturated heterocycles. The van der Waals surface area contributed by atoms with Crippen molar-refractivity contribution in [3.8, 4) is 5.75 Å². The van der Waals surface area contributed by atoms with Gasteiger partial charge in [-0.15, -0.1) is 0 Å². The average Bonchev–Trinajstić information content (AvgIpc) is 3.52. The van der Waals surface area contributed by atoms with Gasteiger partial charge in [-0.3, -0.25) is 9.59 Å². The van der Waals surface area contributed by atoms with Crippen LogP contribution in [-0.2, 0) is 4.79 Å². The summed E-state index contributed by atoms with van der Waals surface area (Å²) >= 11 is 6.12. The minimum atomic E-state index is -1.05. The predicted molar refractivity (Wildman–Crippen MR) is 120 cm³/mol. The first-order valence-corrected chi connectivity index (χ1v) is 11.1. The highest BCUT2D eigenvalue weighted by Gasteiger charge is 2.48. The van der Waals surface area contributed by atoms with Crippen LogP contribution < -0.4 is 4.74 Å². The van der Waals surface area contributed by atoms with Gasteiger partial charge in [-0.05, 0) is 31.0 Å². The van der Waals surface area contributed by atoms with Crippen LogP contribution in [0, 0.1) is 5.82 Å². The van der Waals surface area contributed by atoms with E-state index in [0.29, 0.717) is 21.7 Å². The van der Waals surface area contributed by atoms with Gasteiger partial charge in [-0.25, -0.2) is 4.39 Å². The maximum atomic E-state index is 14.9. The molecule has 1 atom stereocenters. The summed E-state index contributed by atoms with van der Waals surface area (Å²) in [5.41, 5.74) is 0.271. The molecule has 1 fully saturated rings. The summed E-state index contributed by atoms with van der Waals surface area (Å²) < 4.78 is 26.0. The van der Waals surface area contributed by atoms with Crippen LogP contribution >= 0.6 is 11.6 Å². The molecule has 1 saturated carbocycles. The van der Waals surface area contributed by atoms with Crippen molar-refractivity contribution in [2.45, 2.75) is 37.8 Å². The van der Waals surface area contributed by atoms with Crippen molar-refractivity contribution in [3.63, 3.8) is 0 Å². The number of carbonyl (C=O) groups excluding carboxylic acids is 2. The lowest BCUT2D eigenvalue weighted by atomic mass is 9.93. The van der Waals surface area contributed by atoms with Gasteiger partial charge >= 0.3 is 0 Å². The van der Waals surface area contributed by atoms with Gasteiger partial charge in [0.05, 0.1) is 18.7 Å². The van der Waals surface area contributed by atoms with Gasteiger partial charge in [0.1, 0.15) is 5.82 Å². The molecule has 2 aromatic carbocycles. The number of fused-ring (bicyclic) bond motifs is 1. The van der Waals surface area contributed by atoms with E-state index in [0.717, 1.165) is 25.7 Å². The molecule has 1 aromatic heterocycles. The van der Waals surface area contributed by atoms with Gasteiger partial charge < -0.3 is 19.2 Å². The third-order valence-corrected chi connectivity index (χ3v) is 6.62. The number of aliphatic hydroxyl groups is 1. The molecule has 0 spiro atoms. The van der Waals surface area contributed by atoms with E-state index in [-0.39, 0.29) is 22.9 Å². The summed E-state index contributed by atoms with van der Waals surface area (Å²) in [5, 5.41) is 11.7. The van der Waals surface area contributed by atoms with Crippen molar-refractivity contribution in [3.05, 3.63) is 76.0 Å². The zero-order chi connectivity index (χ0) is 23.3. The van der Waals surface area contributed by atoms with Gasteiger partial charge in [0.25, 0.3) is 5.91 Å². The van der Waals surface area contributed by atoms with Crippen LogP contribution in [0.1, 0.15) is 47.8 Å². The third-order valence-electron chi connectivity index (χ3n) is 6.40. The number of carbonyl (C=O) groups is 2. The van der Waals surface area contributed by atoms with Crippen LogP contribution in [0.3, 0.4) is 0 Å². The van der Waals surface area contributed by atoms with Crippen LogP contribution in [0.5, 0.6) is 5.75 Å². The predicted octanol–water partition coefficient (Wildman–Crippen LogP) is 5.75. The number of ketones is 1. The minimum Gasteiger partial charge on any atom is -0.503 e. The first-order chi connectivity index (χ1) is 15.9. The highest BCUT2D eigenvalue weighted by Crippen LogP contribution is 2.44. The lowest BCUT2D eigenvalue weighted by molar-refractivity contribution is -0.131. The van der Waals surface area contributed by atoms with Gasteiger partial charge in [-0.1, -0.05) is 42.6 Å². The SMILES string of the molecule is COc1cc(Cl)cc2cc(C(=O)C3=C(O)C(=O)N(C4CCCC4)C3c3ccccc3F)oc12. The molecule has 1 aliphatic heterocycles. The molecule has 8 heteroatoms. The van der Waals surface area contributed by atoms with Crippen LogP contribution in [0.4, 0.5) is 4.39 Å². The zero-order valence-corrected chi connectivity index (χ0v) is 18.6. The molecule has 1 unspecified atom stereocenters. The molecule has 0 radical (unpaired) electrons. The molecule has 170 valence electrons. The van der Waals surface area contributed by atoms with E-state index in [9.17, 15) is 19.1 Å². The maximum Gasteiger partial charge on any atom is 0.290 e. The molecule has 33 heavy (non-hydrogen) atoms. The molecule has 2 heterocycles. The summed E-state index contributed by atoms with van der Waals surface area (Å²) in [4.78, 5) is 28.2. The van der Waals surface area contributed by atoms with E-state index in [1.165, 1.54) is 36.3 Å². The van der Waals surface area contributed by atoms with Crippen molar-refractivity contribution >= 4 is 34.3 Å². The Morgan fingerprint density at radius 3 is 2.64 bits per heavy atom. The first kappa shape index (κ1) is 21.5. The Kier molecular flexibility index (Phi) is 5.37. The number of Topliss-reactive ketones (excluding diaryl/α,β-unsaturated/α-hetero) is 1. The van der Waals surface area contributed by atoms with E-state index < -0.39 is 29.3 Å². The highest BCUT2D eigenvalue weighted by molar-refractivity contribution is 6.31. The van der Waals surface area contributed by atoms with Crippen LogP contribution in [0.25, 0.3) is 11.0 Å². The second kappa shape index (κ2) is 8.23. The van der Waals surface area contributed by atoms with Crippen molar-refractivity contribution < 1.29 is 28.2 Å². The molecular formula is C25H21ClFNO5. The van der Waals surface area contributed by atoms with Gasteiger partial charge in [0, 0.05) is 28.1 Å². The largest absolute Gasteiger partial charge is 0.503 e. The third kappa shape index (κ3) is 3.47. The number of rotatable bonds is 5. The summed E-state index contributed by atoms with van der Waals surface area (Å²) in [6, 6.07) is 9.40. The number of aliphatic hydroxyl groups excluding tert-OH is 1. The summed E-state index contributed by atoms with van der Waals surface area (Å²) in [6.45, 7) is 0. The second-order valence-electron chi connectivity index (χ2n) is 8.30. The molecule has 6 nitrogen and oxygen atoms in total. The number of ether oxygens (including phenoxy) is 1. The summed E-state index contributed by atoms with van der Waals surface area (Å²) in [6.07, 6.45) is 3.30. The van der Waals surface area contributed by atoms with Crippen molar-refractivity contribution in [1.82, 2.24) is 4.90 Å². The number of benzene rings is 2. The zero-order valence-electron chi connectivity index (χ0n) is 17.8. The lowest BCUT2D eigenvalue weighted by Crippen LogP contribution is -2.39. The van der Waals surface area contributed by atoms with Crippen LogP contribution in [0.2, 0.25) is 5.02 Å². The number of hydrogen-bond acceptors (Lipinski definition) is 5. The van der Waals surface area contributed by atoms with Gasteiger partial charge in [0.2, 0.25) is 5.78 Å². The average molecular weight is 470 g/mol. The molecule has 0 bridgehead atoms. The summed E-state index contributed by atoms with van der Waals surface area (Å²) in [7, 11) is 1.45. The molecule has 1 amide bonds. The Hall–Kier alpha value is -3.32. The molecular weight excluding hydrogens is 449 g/mol. The van der Waals surface area contributed by atoms with E-state index in [1.807, 2.05) is 0 Å². The molecule has 1 aliphatic carbocycles. The van der Waals surface area contributed by atoms with E-state index in [4.69, 9.17) is 20.8 Å². The van der Waals surface area contributed by atoms with Crippen molar-refractivity contribution in [1.29, 1.82) is 0 Å². The fourth-order valence-electron chi connectivity index (χ4n) is 4.90. The standard InChI is InChI=1S/C25H21ClFNO5/c1-32-19-12-14(26)10-13-11-18(33-24(13)19)22(29)20-21(16-8-4-5-9-17(16)27)28(25(31)23(20)30)15-6-2-3-7-15/h4-5,8-12,15,21,30H,2-3,6-7H2,1H3. The van der Waals surface area contributed by atoms with Crippen molar-refractivity contribution in [2.24, 2.45) is 0 Å². The van der Waals surface area contributed by atoms with E-state index >= 15 is 0 Å². The number of methoxy groups -OCH3 is 1. The maximum absolute atomic E-state index is 14.9. The Labute approximate surface area is 194 Å². The number of halogens is 2. The Bertz CT molecular complexity index is 1310. The topological polar surface area (TPSA) is 80.0 Å². The quantitative estimate of drug-likeness (QED) is 0.481. The highest BCUT2D eigenvalue weighted by atomic mass is 35.5. The van der Waals surface area contributed by atoms with Crippen LogP contribution in [-0.4, -0.2) is 34.8 Å². The molecule has 1 N–H and O–H groups in total. The number of hydrogen-bond donors (Lipinski definition) is 1. The van der Waals surface area contributed by atoms with E-state index in [2.05, 4.69) is 0 Å². The normalized spacial score (nSPS) is 19.2. The second-order valence-corrected chi connectivity index (χ2v) is 8.74. The minimum absolute atomic E-state index is 0.102. The number of nitrogens with zero attached hydrogens (tertiary/aromatic N) is 1. The Morgan fingerprint density at radius 2 is 1.94 bits per heavy atom. The molecule has 5 rings (SSSR count). The monoisotopic (exact) mass is 469 g/mol. The molecule has 3 aromatic rings. The Balaban J connectivity index is 1.64. The van der Waals surface area contributed by atoms with E-state index in [1.54, 1.807) is 18.2 Å². The van der Waals surface area contributed by atoms with Crippen molar-refractivity contribution in [2.75, 3.05) is 7.11 Å². The van der Waals surface area contributed by atoms with Gasteiger partial charge in [0.15, 0.2) is 22.9 Å². The number of amides is 1. The fourth-order valence-corrected chi connectivity index (χ4v) is 5.12. The summed E-state index contributed by atoms with van der Waals surface area (Å²) in [5.74, 6) is -2.36. The smallest absolute Gasteiger partial charge is 0.290 e. The van der Waals surface area contributed by atoms with Crippen LogP contribution in [0.15, 0.2) is 58.2 Å². The number of furan rings is 1. The Morgan fingerprint density at radius 1 is 1.21 bits per heavy atom.